The highest BCUT2D eigenvalue weighted by molar-refractivity contribution is 7.89. The normalized spacial score (nSPS) is 13.2. The van der Waals surface area contributed by atoms with E-state index < -0.39 is 21.1 Å². The van der Waals surface area contributed by atoms with Gasteiger partial charge in [0, 0.05) is 18.7 Å². The van der Waals surface area contributed by atoms with Gasteiger partial charge < -0.3 is 5.11 Å². The molecule has 0 aromatic heterocycles. The van der Waals surface area contributed by atoms with Crippen LogP contribution in [0.2, 0.25) is 0 Å². The molecule has 0 saturated carbocycles. The molecule has 1 rings (SSSR count). The molecule has 0 aliphatic heterocycles. The SMILES string of the molecule is CCC(O)CNS(=O)(=O)c1cc([N+](=O)[O-])cc(C)c1C. The Balaban J connectivity index is 3.20. The van der Waals surface area contributed by atoms with Crippen LogP contribution in [-0.2, 0) is 10.0 Å². The predicted molar refractivity (Wildman–Crippen MR) is 74.1 cm³/mol. The second kappa shape index (κ2) is 6.29. The van der Waals surface area contributed by atoms with Gasteiger partial charge in [-0.25, -0.2) is 13.1 Å². The minimum Gasteiger partial charge on any atom is -0.392 e. The summed E-state index contributed by atoms with van der Waals surface area (Å²) in [5.74, 6) is 0. The summed E-state index contributed by atoms with van der Waals surface area (Å²) in [5.41, 5.74) is 0.703. The van der Waals surface area contributed by atoms with Gasteiger partial charge in [-0.2, -0.15) is 0 Å². The molecule has 112 valence electrons. The zero-order valence-corrected chi connectivity index (χ0v) is 12.4. The first-order valence-electron chi connectivity index (χ1n) is 6.12. The minimum absolute atomic E-state index is 0.125. The van der Waals surface area contributed by atoms with Crippen molar-refractivity contribution in [1.29, 1.82) is 0 Å². The molecule has 0 spiro atoms. The van der Waals surface area contributed by atoms with E-state index in [1.807, 2.05) is 0 Å². The maximum Gasteiger partial charge on any atom is 0.271 e. The van der Waals surface area contributed by atoms with Crippen molar-refractivity contribution in [3.8, 4) is 0 Å². The van der Waals surface area contributed by atoms with E-state index in [2.05, 4.69) is 4.72 Å². The summed E-state index contributed by atoms with van der Waals surface area (Å²) in [7, 11) is -3.89. The minimum atomic E-state index is -3.89. The molecule has 0 amide bonds. The summed E-state index contributed by atoms with van der Waals surface area (Å²) >= 11 is 0. The van der Waals surface area contributed by atoms with E-state index in [-0.39, 0.29) is 17.1 Å². The third kappa shape index (κ3) is 3.75. The Morgan fingerprint density at radius 3 is 2.50 bits per heavy atom. The maximum absolute atomic E-state index is 12.2. The van der Waals surface area contributed by atoms with E-state index in [1.54, 1.807) is 20.8 Å². The Labute approximate surface area is 117 Å². The lowest BCUT2D eigenvalue weighted by atomic mass is 10.1. The molecule has 1 aromatic rings. The largest absolute Gasteiger partial charge is 0.392 e. The van der Waals surface area contributed by atoms with Crippen molar-refractivity contribution in [3.63, 3.8) is 0 Å². The van der Waals surface area contributed by atoms with Crippen LogP contribution in [0.4, 0.5) is 5.69 Å². The number of nitro benzene ring substituents is 1. The third-order valence-electron chi connectivity index (χ3n) is 3.09. The summed E-state index contributed by atoms with van der Waals surface area (Å²) in [6.45, 7) is 4.80. The van der Waals surface area contributed by atoms with Crippen molar-refractivity contribution in [1.82, 2.24) is 4.72 Å². The van der Waals surface area contributed by atoms with Gasteiger partial charge in [-0.3, -0.25) is 10.1 Å². The number of non-ortho nitro benzene ring substituents is 1. The van der Waals surface area contributed by atoms with Crippen LogP contribution in [0.3, 0.4) is 0 Å². The molecule has 0 fully saturated rings. The number of hydrogen-bond donors (Lipinski definition) is 2. The Kier molecular flexibility index (Phi) is 5.21. The number of rotatable bonds is 6. The molecule has 0 aliphatic carbocycles. The highest BCUT2D eigenvalue weighted by Crippen LogP contribution is 2.25. The molecule has 20 heavy (non-hydrogen) atoms. The van der Waals surface area contributed by atoms with Crippen molar-refractivity contribution in [2.45, 2.75) is 38.2 Å². The van der Waals surface area contributed by atoms with Crippen LogP contribution in [-0.4, -0.2) is 31.1 Å². The fraction of sp³-hybridized carbons (Fsp3) is 0.500. The van der Waals surface area contributed by atoms with Crippen LogP contribution < -0.4 is 4.72 Å². The molecule has 0 saturated heterocycles. The average Bonchev–Trinajstić information content (AvgIpc) is 2.38. The van der Waals surface area contributed by atoms with E-state index in [9.17, 15) is 23.6 Å². The van der Waals surface area contributed by atoms with Crippen LogP contribution in [0, 0.1) is 24.0 Å². The van der Waals surface area contributed by atoms with Gasteiger partial charge >= 0.3 is 0 Å². The van der Waals surface area contributed by atoms with E-state index >= 15 is 0 Å². The van der Waals surface area contributed by atoms with E-state index in [0.29, 0.717) is 17.5 Å². The fourth-order valence-corrected chi connectivity index (χ4v) is 3.03. The van der Waals surface area contributed by atoms with Crippen molar-refractivity contribution >= 4 is 15.7 Å². The molecule has 1 aromatic carbocycles. The lowest BCUT2D eigenvalue weighted by molar-refractivity contribution is -0.385. The van der Waals surface area contributed by atoms with Gasteiger partial charge in [-0.05, 0) is 31.4 Å². The number of nitro groups is 1. The van der Waals surface area contributed by atoms with E-state index in [4.69, 9.17) is 0 Å². The number of nitrogens with zero attached hydrogens (tertiary/aromatic N) is 1. The maximum atomic E-state index is 12.2. The number of nitrogens with one attached hydrogen (secondary N) is 1. The first-order chi connectivity index (χ1) is 9.19. The van der Waals surface area contributed by atoms with Gasteiger partial charge in [0.15, 0.2) is 0 Å². The number of aliphatic hydroxyl groups is 1. The lowest BCUT2D eigenvalue weighted by Crippen LogP contribution is -2.32. The van der Waals surface area contributed by atoms with E-state index in [1.165, 1.54) is 6.07 Å². The second-order valence-electron chi connectivity index (χ2n) is 4.56. The standard InChI is InChI=1S/C12H18N2O5S/c1-4-11(15)7-13-20(18,19)12-6-10(14(16)17)5-8(2)9(12)3/h5-6,11,13,15H,4,7H2,1-3H3. The quantitative estimate of drug-likeness (QED) is 0.607. The summed E-state index contributed by atoms with van der Waals surface area (Å²) in [4.78, 5) is 10.0. The van der Waals surface area contributed by atoms with Gasteiger partial charge in [-0.1, -0.05) is 6.92 Å². The first-order valence-corrected chi connectivity index (χ1v) is 7.60. The van der Waals surface area contributed by atoms with Crippen molar-refractivity contribution in [2.75, 3.05) is 6.54 Å². The van der Waals surface area contributed by atoms with Crippen LogP contribution in [0.1, 0.15) is 24.5 Å². The Morgan fingerprint density at radius 1 is 1.40 bits per heavy atom. The number of benzene rings is 1. The van der Waals surface area contributed by atoms with E-state index in [0.717, 1.165) is 6.07 Å². The molecule has 0 bridgehead atoms. The zero-order valence-electron chi connectivity index (χ0n) is 11.6. The molecule has 7 nitrogen and oxygen atoms in total. The number of aryl methyl sites for hydroxylation is 1. The lowest BCUT2D eigenvalue weighted by Gasteiger charge is -2.13. The van der Waals surface area contributed by atoms with Crippen LogP contribution in [0.15, 0.2) is 17.0 Å². The number of aliphatic hydroxyl groups excluding tert-OH is 1. The molecule has 1 atom stereocenters. The van der Waals surface area contributed by atoms with Crippen LogP contribution >= 0.6 is 0 Å². The van der Waals surface area contributed by atoms with Gasteiger partial charge in [0.2, 0.25) is 10.0 Å². The molecule has 2 N–H and O–H groups in total. The van der Waals surface area contributed by atoms with Crippen molar-refractivity contribution in [2.24, 2.45) is 0 Å². The highest BCUT2D eigenvalue weighted by atomic mass is 32.2. The fourth-order valence-electron chi connectivity index (χ4n) is 1.62. The van der Waals surface area contributed by atoms with Crippen molar-refractivity contribution in [3.05, 3.63) is 33.4 Å². The Morgan fingerprint density at radius 2 is 2.00 bits per heavy atom. The summed E-state index contributed by atoms with van der Waals surface area (Å²) in [6, 6.07) is 2.36. The average molecular weight is 302 g/mol. The highest BCUT2D eigenvalue weighted by Gasteiger charge is 2.22. The van der Waals surface area contributed by atoms with Gasteiger partial charge in [0.05, 0.1) is 15.9 Å². The van der Waals surface area contributed by atoms with Crippen LogP contribution in [0.25, 0.3) is 0 Å². The number of hydrogen-bond acceptors (Lipinski definition) is 5. The molecular formula is C12H18N2O5S. The van der Waals surface area contributed by atoms with Gasteiger partial charge in [-0.15, -0.1) is 0 Å². The Bertz CT molecular complexity index is 613. The predicted octanol–water partition coefficient (Wildman–Crippen LogP) is 1.26. The summed E-state index contributed by atoms with van der Waals surface area (Å²) < 4.78 is 26.6. The third-order valence-corrected chi connectivity index (χ3v) is 4.63. The molecule has 0 aliphatic rings. The first kappa shape index (κ1) is 16.5. The van der Waals surface area contributed by atoms with Gasteiger partial charge in [0.25, 0.3) is 5.69 Å². The van der Waals surface area contributed by atoms with Crippen LogP contribution in [0.5, 0.6) is 0 Å². The monoisotopic (exact) mass is 302 g/mol. The smallest absolute Gasteiger partial charge is 0.271 e. The molecule has 8 heteroatoms. The number of sulfonamides is 1. The molecule has 0 heterocycles. The zero-order chi connectivity index (χ0) is 15.5. The molecule has 0 radical (unpaired) electrons. The molecular weight excluding hydrogens is 284 g/mol. The summed E-state index contributed by atoms with van der Waals surface area (Å²) in [5, 5.41) is 20.2. The van der Waals surface area contributed by atoms with Crippen molar-refractivity contribution < 1.29 is 18.4 Å². The van der Waals surface area contributed by atoms with Gasteiger partial charge in [0.1, 0.15) is 0 Å². The Hall–Kier alpha value is -1.51. The topological polar surface area (TPSA) is 110 Å². The summed E-state index contributed by atoms with van der Waals surface area (Å²) in [6.07, 6.45) is -0.375. The molecule has 1 unspecified atom stereocenters. The second-order valence-corrected chi connectivity index (χ2v) is 6.29.